The third-order valence-corrected chi connectivity index (χ3v) is 4.49. The Hall–Kier alpha value is -0.860. The summed E-state index contributed by atoms with van der Waals surface area (Å²) >= 11 is 1.94. The smallest absolute Gasteiger partial charge is 0.0345 e. The van der Waals surface area contributed by atoms with Crippen LogP contribution in [0.1, 0.15) is 17.7 Å². The van der Waals surface area contributed by atoms with E-state index in [1.807, 2.05) is 11.3 Å². The molecule has 1 aromatic carbocycles. The fraction of sp³-hybridized carbons (Fsp3) is 0.385. The van der Waals surface area contributed by atoms with E-state index in [0.717, 1.165) is 0 Å². The Morgan fingerprint density at radius 3 is 2.80 bits per heavy atom. The van der Waals surface area contributed by atoms with E-state index in [1.165, 1.54) is 34.2 Å². The highest BCUT2D eigenvalue weighted by Crippen LogP contribution is 2.40. The molecular formula is C13H15NS. The lowest BCUT2D eigenvalue weighted by Crippen LogP contribution is -2.29. The Labute approximate surface area is 94.1 Å². The Kier molecular flexibility index (Phi) is 2.08. The summed E-state index contributed by atoms with van der Waals surface area (Å²) in [6.45, 7) is 0. The molecule has 1 N–H and O–H groups in total. The highest BCUT2D eigenvalue weighted by atomic mass is 32.1. The summed E-state index contributed by atoms with van der Waals surface area (Å²) in [6, 6.07) is 11.0. The molecule has 2 aromatic rings. The lowest BCUT2D eigenvalue weighted by molar-refractivity contribution is 0.553. The summed E-state index contributed by atoms with van der Waals surface area (Å²) in [5, 5.41) is 4.84. The highest BCUT2D eigenvalue weighted by Gasteiger charge is 2.41. The predicted molar refractivity (Wildman–Crippen MR) is 66.6 cm³/mol. The van der Waals surface area contributed by atoms with Gasteiger partial charge in [0.1, 0.15) is 0 Å². The van der Waals surface area contributed by atoms with E-state index in [2.05, 4.69) is 42.7 Å². The first-order valence-electron chi connectivity index (χ1n) is 5.48. The quantitative estimate of drug-likeness (QED) is 0.832. The average Bonchev–Trinajstić information content (AvgIpc) is 2.91. The van der Waals surface area contributed by atoms with Crippen LogP contribution in [0.5, 0.6) is 0 Å². The monoisotopic (exact) mass is 217 g/mol. The molecule has 0 unspecified atom stereocenters. The van der Waals surface area contributed by atoms with E-state index in [1.54, 1.807) is 0 Å². The molecule has 0 radical (unpaired) electrons. The number of nitrogens with one attached hydrogen (secondary N) is 1. The van der Waals surface area contributed by atoms with Crippen LogP contribution in [0, 0.1) is 0 Å². The summed E-state index contributed by atoms with van der Waals surface area (Å²) in [5.41, 5.74) is 0.431. The van der Waals surface area contributed by atoms with Crippen molar-refractivity contribution < 1.29 is 0 Å². The predicted octanol–water partition coefficient (Wildman–Crippen LogP) is 3.20. The van der Waals surface area contributed by atoms with Gasteiger partial charge >= 0.3 is 0 Å². The van der Waals surface area contributed by atoms with Gasteiger partial charge in [-0.1, -0.05) is 18.2 Å². The number of rotatable bonds is 3. The van der Waals surface area contributed by atoms with Crippen LogP contribution in [0.2, 0.25) is 0 Å². The molecule has 1 fully saturated rings. The van der Waals surface area contributed by atoms with Crippen LogP contribution in [0.4, 0.5) is 0 Å². The molecular weight excluding hydrogens is 202 g/mol. The number of likely N-dealkylation sites (N-methyl/N-ethyl adjacent to an activating group) is 1. The van der Waals surface area contributed by atoms with E-state index in [4.69, 9.17) is 0 Å². The second kappa shape index (κ2) is 3.32. The Morgan fingerprint density at radius 2 is 2.13 bits per heavy atom. The number of hydrogen-bond acceptors (Lipinski definition) is 2. The number of benzene rings is 1. The minimum Gasteiger partial charge on any atom is -0.314 e. The zero-order valence-electron chi connectivity index (χ0n) is 8.92. The summed E-state index contributed by atoms with van der Waals surface area (Å²) < 4.78 is 1.42. The van der Waals surface area contributed by atoms with Crippen LogP contribution in [-0.2, 0) is 6.42 Å². The molecule has 1 aliphatic carbocycles. The summed E-state index contributed by atoms with van der Waals surface area (Å²) in [6.07, 6.45) is 3.86. The first-order chi connectivity index (χ1) is 7.31. The zero-order chi connectivity index (χ0) is 10.3. The van der Waals surface area contributed by atoms with Crippen LogP contribution < -0.4 is 5.32 Å². The zero-order valence-corrected chi connectivity index (χ0v) is 9.73. The van der Waals surface area contributed by atoms with Crippen molar-refractivity contribution in [1.82, 2.24) is 5.32 Å². The molecule has 1 nitrogen and oxygen atoms in total. The van der Waals surface area contributed by atoms with Crippen LogP contribution in [0.3, 0.4) is 0 Å². The van der Waals surface area contributed by atoms with Crippen molar-refractivity contribution in [3.05, 3.63) is 35.2 Å². The van der Waals surface area contributed by atoms with Crippen molar-refractivity contribution in [2.45, 2.75) is 24.8 Å². The fourth-order valence-electron chi connectivity index (χ4n) is 2.12. The van der Waals surface area contributed by atoms with Gasteiger partial charge in [0.25, 0.3) is 0 Å². The van der Waals surface area contributed by atoms with Crippen molar-refractivity contribution in [1.29, 1.82) is 0 Å². The number of thiophene rings is 1. The number of hydrogen-bond donors (Lipinski definition) is 1. The average molecular weight is 217 g/mol. The lowest BCUT2D eigenvalue weighted by Gasteiger charge is -2.11. The van der Waals surface area contributed by atoms with Gasteiger partial charge in [0.05, 0.1) is 0 Å². The second-order valence-corrected chi connectivity index (χ2v) is 5.63. The van der Waals surface area contributed by atoms with Gasteiger partial charge in [0, 0.05) is 15.1 Å². The highest BCUT2D eigenvalue weighted by molar-refractivity contribution is 7.19. The molecule has 1 aromatic heterocycles. The standard InChI is InChI=1S/C13H15NS/c1-14-13(6-7-13)9-11-8-10-4-2-3-5-12(10)15-11/h2-5,8,14H,6-7,9H2,1H3. The van der Waals surface area contributed by atoms with Gasteiger partial charge in [0.15, 0.2) is 0 Å². The molecule has 78 valence electrons. The van der Waals surface area contributed by atoms with E-state index in [0.29, 0.717) is 5.54 Å². The minimum atomic E-state index is 0.431. The van der Waals surface area contributed by atoms with Crippen LogP contribution in [0.15, 0.2) is 30.3 Å². The maximum atomic E-state index is 3.45. The lowest BCUT2D eigenvalue weighted by atomic mass is 10.1. The van der Waals surface area contributed by atoms with Gasteiger partial charge in [-0.25, -0.2) is 0 Å². The second-order valence-electron chi connectivity index (χ2n) is 4.46. The van der Waals surface area contributed by atoms with Crippen molar-refractivity contribution in [2.24, 2.45) is 0 Å². The first-order valence-corrected chi connectivity index (χ1v) is 6.29. The Morgan fingerprint density at radius 1 is 1.33 bits per heavy atom. The van der Waals surface area contributed by atoms with Gasteiger partial charge < -0.3 is 5.32 Å². The van der Waals surface area contributed by atoms with E-state index < -0.39 is 0 Å². The fourth-order valence-corrected chi connectivity index (χ4v) is 3.33. The van der Waals surface area contributed by atoms with Crippen LogP contribution in [0.25, 0.3) is 10.1 Å². The molecule has 0 atom stereocenters. The molecule has 0 bridgehead atoms. The molecule has 15 heavy (non-hydrogen) atoms. The molecule has 0 aliphatic heterocycles. The Bertz CT molecular complexity index is 449. The SMILES string of the molecule is CNC1(Cc2cc3ccccc3s2)CC1. The van der Waals surface area contributed by atoms with Gasteiger partial charge in [-0.05, 0) is 43.8 Å². The molecule has 3 rings (SSSR count). The van der Waals surface area contributed by atoms with Gasteiger partial charge in [-0.3, -0.25) is 0 Å². The summed E-state index contributed by atoms with van der Waals surface area (Å²) in [7, 11) is 2.08. The number of fused-ring (bicyclic) bond motifs is 1. The molecule has 2 heteroatoms. The maximum absolute atomic E-state index is 3.45. The van der Waals surface area contributed by atoms with Crippen LogP contribution in [-0.4, -0.2) is 12.6 Å². The van der Waals surface area contributed by atoms with E-state index >= 15 is 0 Å². The summed E-state index contributed by atoms with van der Waals surface area (Å²) in [4.78, 5) is 1.52. The van der Waals surface area contributed by atoms with Crippen LogP contribution >= 0.6 is 11.3 Å². The third-order valence-electron chi connectivity index (χ3n) is 3.37. The molecule has 1 heterocycles. The normalized spacial score (nSPS) is 18.2. The van der Waals surface area contributed by atoms with Gasteiger partial charge in [-0.15, -0.1) is 11.3 Å². The van der Waals surface area contributed by atoms with E-state index in [9.17, 15) is 0 Å². The van der Waals surface area contributed by atoms with Crippen molar-refractivity contribution in [3.63, 3.8) is 0 Å². The third kappa shape index (κ3) is 1.68. The van der Waals surface area contributed by atoms with Crippen molar-refractivity contribution >= 4 is 21.4 Å². The molecule has 0 spiro atoms. The largest absolute Gasteiger partial charge is 0.314 e. The van der Waals surface area contributed by atoms with Gasteiger partial charge in [-0.2, -0.15) is 0 Å². The van der Waals surface area contributed by atoms with Crippen molar-refractivity contribution in [2.75, 3.05) is 7.05 Å². The minimum absolute atomic E-state index is 0.431. The van der Waals surface area contributed by atoms with Gasteiger partial charge in [0.2, 0.25) is 0 Å². The summed E-state index contributed by atoms with van der Waals surface area (Å²) in [5.74, 6) is 0. The molecule has 1 saturated carbocycles. The topological polar surface area (TPSA) is 12.0 Å². The Balaban J connectivity index is 1.92. The first kappa shape index (κ1) is 9.37. The molecule has 1 aliphatic rings. The molecule has 0 amide bonds. The molecule has 0 saturated heterocycles. The van der Waals surface area contributed by atoms with E-state index in [-0.39, 0.29) is 0 Å². The van der Waals surface area contributed by atoms with Crippen molar-refractivity contribution in [3.8, 4) is 0 Å². The maximum Gasteiger partial charge on any atom is 0.0345 e.